The van der Waals surface area contributed by atoms with Crippen LogP contribution >= 0.6 is 0 Å². The molecule has 2 aromatic carbocycles. The first-order valence-corrected chi connectivity index (χ1v) is 7.45. The Morgan fingerprint density at radius 2 is 1.96 bits per heavy atom. The summed E-state index contributed by atoms with van der Waals surface area (Å²) in [6, 6.07) is 14.5. The number of aryl methyl sites for hydroxylation is 1. The van der Waals surface area contributed by atoms with Gasteiger partial charge in [0.1, 0.15) is 5.75 Å². The highest BCUT2D eigenvalue weighted by Crippen LogP contribution is 2.28. The quantitative estimate of drug-likeness (QED) is 0.743. The fourth-order valence-corrected chi connectivity index (χ4v) is 2.62. The van der Waals surface area contributed by atoms with Crippen molar-refractivity contribution < 1.29 is 14.6 Å². The van der Waals surface area contributed by atoms with E-state index < -0.39 is 5.97 Å². The molecule has 1 aromatic heterocycles. The molecule has 0 aliphatic carbocycles. The molecule has 3 rings (SSSR count). The van der Waals surface area contributed by atoms with Gasteiger partial charge in [0.2, 0.25) is 0 Å². The van der Waals surface area contributed by atoms with Gasteiger partial charge < -0.3 is 14.6 Å². The van der Waals surface area contributed by atoms with Crippen molar-refractivity contribution in [2.75, 3.05) is 6.61 Å². The molecule has 0 saturated carbocycles. The number of aromatic carboxylic acids is 1. The van der Waals surface area contributed by atoms with Crippen molar-refractivity contribution in [2.45, 2.75) is 13.8 Å². The molecule has 0 spiro atoms. The summed E-state index contributed by atoms with van der Waals surface area (Å²) in [6.45, 7) is 4.39. The third-order valence-electron chi connectivity index (χ3n) is 3.70. The Balaban J connectivity index is 2.24. The molecular formula is C19H16NO3-. The highest BCUT2D eigenvalue weighted by Gasteiger charge is 2.10. The average molecular weight is 306 g/mol. The highest BCUT2D eigenvalue weighted by atomic mass is 16.5. The van der Waals surface area contributed by atoms with E-state index in [0.717, 1.165) is 16.9 Å². The maximum absolute atomic E-state index is 11.5. The number of benzene rings is 2. The van der Waals surface area contributed by atoms with Gasteiger partial charge in [-0.25, -0.2) is 4.98 Å². The molecule has 4 heteroatoms. The van der Waals surface area contributed by atoms with Crippen LogP contribution in [0.5, 0.6) is 5.75 Å². The summed E-state index contributed by atoms with van der Waals surface area (Å²) >= 11 is 0. The van der Waals surface area contributed by atoms with E-state index in [9.17, 15) is 9.90 Å². The number of nitrogens with zero attached hydrogens (tertiary/aromatic N) is 1. The zero-order chi connectivity index (χ0) is 16.4. The Morgan fingerprint density at radius 3 is 2.70 bits per heavy atom. The molecule has 116 valence electrons. The number of carbonyl (C=O) groups excluding carboxylic acids is 1. The lowest BCUT2D eigenvalue weighted by molar-refractivity contribution is -0.254. The molecular weight excluding hydrogens is 290 g/mol. The minimum Gasteiger partial charge on any atom is -0.545 e. The van der Waals surface area contributed by atoms with Gasteiger partial charge in [0, 0.05) is 16.5 Å². The van der Waals surface area contributed by atoms with E-state index in [-0.39, 0.29) is 5.56 Å². The molecule has 0 aliphatic heterocycles. The number of aromatic nitrogens is 1. The number of carboxylic acid groups (broad SMARTS) is 1. The van der Waals surface area contributed by atoms with Gasteiger partial charge >= 0.3 is 0 Å². The summed E-state index contributed by atoms with van der Waals surface area (Å²) in [5.41, 5.74) is 3.14. The van der Waals surface area contributed by atoms with Crippen molar-refractivity contribution in [1.82, 2.24) is 4.98 Å². The first-order valence-electron chi connectivity index (χ1n) is 7.45. The predicted octanol–water partition coefficient (Wildman–Crippen LogP) is 2.97. The number of fused-ring (bicyclic) bond motifs is 1. The topological polar surface area (TPSA) is 62.2 Å². The molecule has 23 heavy (non-hydrogen) atoms. The maximum Gasteiger partial charge on any atom is 0.119 e. The van der Waals surface area contributed by atoms with E-state index in [1.165, 1.54) is 0 Å². The lowest BCUT2D eigenvalue weighted by Crippen LogP contribution is -2.22. The molecule has 0 aliphatic rings. The first-order chi connectivity index (χ1) is 11.1. The van der Waals surface area contributed by atoms with E-state index in [4.69, 9.17) is 4.74 Å². The fraction of sp³-hybridized carbons (Fsp3) is 0.158. The van der Waals surface area contributed by atoms with Gasteiger partial charge in [0.25, 0.3) is 0 Å². The Labute approximate surface area is 134 Å². The second kappa shape index (κ2) is 6.08. The van der Waals surface area contributed by atoms with Crippen molar-refractivity contribution in [3.05, 3.63) is 59.7 Å². The monoisotopic (exact) mass is 306 g/mol. The van der Waals surface area contributed by atoms with Crippen LogP contribution < -0.4 is 9.84 Å². The number of carbonyl (C=O) groups is 1. The van der Waals surface area contributed by atoms with Gasteiger partial charge in [0.15, 0.2) is 0 Å². The minimum absolute atomic E-state index is 0.149. The average Bonchev–Trinajstić information content (AvgIpc) is 2.55. The van der Waals surface area contributed by atoms with Crippen LogP contribution in [0.1, 0.15) is 22.8 Å². The Morgan fingerprint density at radius 1 is 1.17 bits per heavy atom. The molecule has 3 aromatic rings. The van der Waals surface area contributed by atoms with Gasteiger partial charge in [-0.15, -0.1) is 0 Å². The van der Waals surface area contributed by atoms with Crippen LogP contribution in [0, 0.1) is 6.92 Å². The van der Waals surface area contributed by atoms with Crippen LogP contribution in [0.4, 0.5) is 0 Å². The molecule has 0 saturated heterocycles. The fourth-order valence-electron chi connectivity index (χ4n) is 2.62. The number of para-hydroxylation sites is 1. The smallest absolute Gasteiger partial charge is 0.119 e. The first kappa shape index (κ1) is 15.0. The second-order valence-electron chi connectivity index (χ2n) is 5.27. The zero-order valence-electron chi connectivity index (χ0n) is 13.0. The zero-order valence-corrected chi connectivity index (χ0v) is 13.0. The van der Waals surface area contributed by atoms with Crippen molar-refractivity contribution in [3.63, 3.8) is 0 Å². The summed E-state index contributed by atoms with van der Waals surface area (Å²) in [6.07, 6.45) is 0. The van der Waals surface area contributed by atoms with Crippen LogP contribution in [-0.4, -0.2) is 17.6 Å². The Bertz CT molecular complexity index is 887. The third kappa shape index (κ3) is 2.88. The van der Waals surface area contributed by atoms with Crippen molar-refractivity contribution in [3.8, 4) is 17.0 Å². The minimum atomic E-state index is -1.20. The van der Waals surface area contributed by atoms with E-state index in [1.54, 1.807) is 12.1 Å². The Kier molecular flexibility index (Phi) is 3.98. The number of rotatable bonds is 4. The summed E-state index contributed by atoms with van der Waals surface area (Å²) < 4.78 is 5.50. The number of hydrogen-bond acceptors (Lipinski definition) is 4. The largest absolute Gasteiger partial charge is 0.545 e. The van der Waals surface area contributed by atoms with Crippen LogP contribution in [0.25, 0.3) is 22.2 Å². The standard InChI is InChI=1S/C19H17NO3/c1-3-23-14-8-5-7-13(10-14)17-11-16(19(21)22)15-9-4-6-12(2)18(15)20-17/h4-11H,3H2,1-2H3,(H,21,22)/p-1. The van der Waals surface area contributed by atoms with Crippen LogP contribution in [-0.2, 0) is 0 Å². The molecule has 0 amide bonds. The molecule has 0 bridgehead atoms. The molecule has 0 N–H and O–H groups in total. The number of hydrogen-bond donors (Lipinski definition) is 0. The lowest BCUT2D eigenvalue weighted by Gasteiger charge is -2.12. The Hall–Kier alpha value is -2.88. The van der Waals surface area contributed by atoms with Crippen LogP contribution in [0.15, 0.2) is 48.5 Å². The molecule has 0 atom stereocenters. The van der Waals surface area contributed by atoms with Gasteiger partial charge in [-0.1, -0.05) is 30.3 Å². The van der Waals surface area contributed by atoms with Gasteiger partial charge in [-0.3, -0.25) is 0 Å². The van der Waals surface area contributed by atoms with Crippen LogP contribution in [0.2, 0.25) is 0 Å². The second-order valence-corrected chi connectivity index (χ2v) is 5.27. The summed E-state index contributed by atoms with van der Waals surface area (Å²) in [5, 5.41) is 12.1. The summed E-state index contributed by atoms with van der Waals surface area (Å²) in [7, 11) is 0. The number of carboxylic acids is 1. The number of ether oxygens (including phenoxy) is 1. The molecule has 0 radical (unpaired) electrons. The molecule has 4 nitrogen and oxygen atoms in total. The lowest BCUT2D eigenvalue weighted by atomic mass is 10.0. The molecule has 0 unspecified atom stereocenters. The van der Waals surface area contributed by atoms with E-state index >= 15 is 0 Å². The molecule has 1 heterocycles. The summed E-state index contributed by atoms with van der Waals surface area (Å²) in [5.74, 6) is -0.475. The van der Waals surface area contributed by atoms with Crippen molar-refractivity contribution in [1.29, 1.82) is 0 Å². The van der Waals surface area contributed by atoms with Gasteiger partial charge in [-0.05, 0) is 37.6 Å². The maximum atomic E-state index is 11.5. The third-order valence-corrected chi connectivity index (χ3v) is 3.70. The normalized spacial score (nSPS) is 10.7. The SMILES string of the molecule is CCOc1cccc(-c2cc(C(=O)[O-])c3cccc(C)c3n2)c1. The predicted molar refractivity (Wildman–Crippen MR) is 87.4 cm³/mol. The van der Waals surface area contributed by atoms with Gasteiger partial charge in [0.05, 0.1) is 23.8 Å². The van der Waals surface area contributed by atoms with Crippen molar-refractivity contribution >= 4 is 16.9 Å². The van der Waals surface area contributed by atoms with Crippen molar-refractivity contribution in [2.24, 2.45) is 0 Å². The van der Waals surface area contributed by atoms with E-state index in [1.807, 2.05) is 50.2 Å². The highest BCUT2D eigenvalue weighted by molar-refractivity contribution is 6.03. The van der Waals surface area contributed by atoms with Gasteiger partial charge in [-0.2, -0.15) is 0 Å². The van der Waals surface area contributed by atoms with Crippen LogP contribution in [0.3, 0.4) is 0 Å². The number of pyridine rings is 1. The van der Waals surface area contributed by atoms with E-state index in [0.29, 0.717) is 23.2 Å². The summed E-state index contributed by atoms with van der Waals surface area (Å²) in [4.78, 5) is 16.2. The molecule has 0 fully saturated rings. The van der Waals surface area contributed by atoms with E-state index in [2.05, 4.69) is 4.98 Å².